The van der Waals surface area contributed by atoms with Crippen LogP contribution in [0.4, 0.5) is 0 Å². The summed E-state index contributed by atoms with van der Waals surface area (Å²) in [6, 6.07) is 24.6. The SMILES string of the molecule is CSc1cccc(-c2ccc(-n3cc(C4(O)CC4)nc3-c3ccccc3Cl)cc2)c1. The fourth-order valence-electron chi connectivity index (χ4n) is 3.63. The molecule has 5 rings (SSSR count). The Hall–Kier alpha value is -2.53. The second kappa shape index (κ2) is 7.62. The maximum Gasteiger partial charge on any atom is 0.146 e. The minimum Gasteiger partial charge on any atom is -0.383 e. The molecule has 0 unspecified atom stereocenters. The number of hydrogen-bond donors (Lipinski definition) is 1. The number of aromatic nitrogens is 2. The van der Waals surface area contributed by atoms with Gasteiger partial charge in [0.25, 0.3) is 0 Å². The fraction of sp³-hybridized carbons (Fsp3) is 0.160. The van der Waals surface area contributed by atoms with Crippen molar-refractivity contribution in [3.8, 4) is 28.2 Å². The molecular weight excluding hydrogens is 412 g/mol. The molecule has 1 fully saturated rings. The molecule has 4 aromatic rings. The Labute approximate surface area is 185 Å². The van der Waals surface area contributed by atoms with Gasteiger partial charge in [-0.25, -0.2) is 4.98 Å². The summed E-state index contributed by atoms with van der Waals surface area (Å²) in [6.45, 7) is 0. The van der Waals surface area contributed by atoms with Crippen molar-refractivity contribution < 1.29 is 5.11 Å². The van der Waals surface area contributed by atoms with Crippen LogP contribution in [0.2, 0.25) is 5.02 Å². The molecule has 5 heteroatoms. The number of halogens is 1. The third kappa shape index (κ3) is 3.56. The van der Waals surface area contributed by atoms with Gasteiger partial charge in [-0.15, -0.1) is 11.8 Å². The fourth-order valence-corrected chi connectivity index (χ4v) is 4.31. The van der Waals surface area contributed by atoms with Gasteiger partial charge in [0.05, 0.1) is 10.7 Å². The molecule has 150 valence electrons. The highest BCUT2D eigenvalue weighted by Crippen LogP contribution is 2.46. The Bertz CT molecular complexity index is 1210. The van der Waals surface area contributed by atoms with E-state index >= 15 is 0 Å². The lowest BCUT2D eigenvalue weighted by Gasteiger charge is -2.10. The van der Waals surface area contributed by atoms with Crippen molar-refractivity contribution in [1.29, 1.82) is 0 Å². The summed E-state index contributed by atoms with van der Waals surface area (Å²) in [5.41, 5.74) is 4.09. The zero-order valence-corrected chi connectivity index (χ0v) is 18.1. The van der Waals surface area contributed by atoms with Gasteiger partial charge in [-0.2, -0.15) is 0 Å². The van der Waals surface area contributed by atoms with Crippen molar-refractivity contribution in [2.75, 3.05) is 6.26 Å². The van der Waals surface area contributed by atoms with Crippen LogP contribution in [0, 0.1) is 0 Å². The highest BCUT2D eigenvalue weighted by atomic mass is 35.5. The van der Waals surface area contributed by atoms with E-state index in [1.807, 2.05) is 35.0 Å². The first-order chi connectivity index (χ1) is 14.6. The van der Waals surface area contributed by atoms with Gasteiger partial charge < -0.3 is 5.11 Å². The van der Waals surface area contributed by atoms with Crippen LogP contribution >= 0.6 is 23.4 Å². The van der Waals surface area contributed by atoms with Gasteiger partial charge in [0.2, 0.25) is 0 Å². The Morgan fingerprint density at radius 3 is 2.43 bits per heavy atom. The number of hydrogen-bond acceptors (Lipinski definition) is 3. The average Bonchev–Trinajstić information content (AvgIpc) is 3.38. The molecule has 3 nitrogen and oxygen atoms in total. The number of thioether (sulfide) groups is 1. The average molecular weight is 433 g/mol. The summed E-state index contributed by atoms with van der Waals surface area (Å²) in [5.74, 6) is 0.744. The van der Waals surface area contributed by atoms with E-state index in [2.05, 4.69) is 54.8 Å². The summed E-state index contributed by atoms with van der Waals surface area (Å²) >= 11 is 8.21. The molecule has 3 aromatic carbocycles. The molecule has 1 N–H and O–H groups in total. The molecular formula is C25H21ClN2OS. The van der Waals surface area contributed by atoms with Gasteiger partial charge in [-0.3, -0.25) is 4.57 Å². The molecule has 0 amide bonds. The lowest BCUT2D eigenvalue weighted by atomic mass is 10.1. The van der Waals surface area contributed by atoms with Crippen LogP contribution in [0.15, 0.2) is 83.9 Å². The molecule has 0 bridgehead atoms. The lowest BCUT2D eigenvalue weighted by molar-refractivity contribution is 0.147. The van der Waals surface area contributed by atoms with Crippen LogP contribution in [0.25, 0.3) is 28.2 Å². The van der Waals surface area contributed by atoms with Crippen LogP contribution < -0.4 is 0 Å². The predicted molar refractivity (Wildman–Crippen MR) is 124 cm³/mol. The zero-order chi connectivity index (χ0) is 20.7. The van der Waals surface area contributed by atoms with E-state index in [0.29, 0.717) is 10.7 Å². The van der Waals surface area contributed by atoms with E-state index in [-0.39, 0.29) is 0 Å². The molecule has 1 aliphatic carbocycles. The van der Waals surface area contributed by atoms with Crippen LogP contribution in [-0.4, -0.2) is 20.9 Å². The number of nitrogens with zero attached hydrogens (tertiary/aromatic N) is 2. The lowest BCUT2D eigenvalue weighted by Crippen LogP contribution is -2.04. The van der Waals surface area contributed by atoms with E-state index in [0.717, 1.165) is 35.5 Å². The first kappa shape index (κ1) is 19.4. The zero-order valence-electron chi connectivity index (χ0n) is 16.5. The molecule has 0 spiro atoms. The van der Waals surface area contributed by atoms with Crippen molar-refractivity contribution in [2.24, 2.45) is 0 Å². The standard InChI is InChI=1S/C25H21ClN2OS/c1-30-20-6-4-5-18(15-20)17-9-11-19(12-10-17)28-16-23(25(29)13-14-25)27-24(28)21-7-2-3-8-22(21)26/h2-12,15-16,29H,13-14H2,1H3. The minimum atomic E-state index is -0.806. The molecule has 1 heterocycles. The first-order valence-corrected chi connectivity index (χ1v) is 11.5. The Balaban J connectivity index is 1.58. The predicted octanol–water partition coefficient (Wildman–Crippen LogP) is 6.56. The van der Waals surface area contributed by atoms with Gasteiger partial charge in [0, 0.05) is 22.3 Å². The second-order valence-corrected chi connectivity index (χ2v) is 8.90. The molecule has 1 aromatic heterocycles. The monoisotopic (exact) mass is 432 g/mol. The summed E-state index contributed by atoms with van der Waals surface area (Å²) in [4.78, 5) is 6.03. The van der Waals surface area contributed by atoms with Crippen molar-refractivity contribution in [1.82, 2.24) is 9.55 Å². The molecule has 1 aliphatic rings. The quantitative estimate of drug-likeness (QED) is 0.363. The summed E-state index contributed by atoms with van der Waals surface area (Å²) in [5, 5.41) is 11.3. The normalized spacial score (nSPS) is 14.6. The smallest absolute Gasteiger partial charge is 0.146 e. The Kier molecular flexibility index (Phi) is 4.94. The third-order valence-electron chi connectivity index (χ3n) is 5.57. The van der Waals surface area contributed by atoms with E-state index < -0.39 is 5.60 Å². The molecule has 0 radical (unpaired) electrons. The maximum atomic E-state index is 10.6. The number of rotatable bonds is 5. The van der Waals surface area contributed by atoms with Crippen LogP contribution in [0.5, 0.6) is 0 Å². The van der Waals surface area contributed by atoms with Crippen molar-refractivity contribution >= 4 is 23.4 Å². The van der Waals surface area contributed by atoms with Gasteiger partial charge in [0.1, 0.15) is 11.4 Å². The minimum absolute atomic E-state index is 0.643. The second-order valence-electron chi connectivity index (χ2n) is 7.61. The van der Waals surface area contributed by atoms with Crippen LogP contribution in [0.3, 0.4) is 0 Å². The number of imidazole rings is 1. The van der Waals surface area contributed by atoms with E-state index in [1.54, 1.807) is 11.8 Å². The summed E-state index contributed by atoms with van der Waals surface area (Å²) < 4.78 is 2.02. The molecule has 1 saturated carbocycles. The summed E-state index contributed by atoms with van der Waals surface area (Å²) in [7, 11) is 0. The van der Waals surface area contributed by atoms with Gasteiger partial charge in [0.15, 0.2) is 0 Å². The van der Waals surface area contributed by atoms with Gasteiger partial charge in [-0.1, -0.05) is 48.0 Å². The molecule has 30 heavy (non-hydrogen) atoms. The van der Waals surface area contributed by atoms with Gasteiger partial charge in [-0.05, 0) is 66.6 Å². The Morgan fingerprint density at radius 2 is 1.73 bits per heavy atom. The summed E-state index contributed by atoms with van der Waals surface area (Å²) in [6.07, 6.45) is 5.52. The van der Waals surface area contributed by atoms with Crippen molar-refractivity contribution in [2.45, 2.75) is 23.3 Å². The van der Waals surface area contributed by atoms with Gasteiger partial charge >= 0.3 is 0 Å². The molecule has 0 atom stereocenters. The maximum absolute atomic E-state index is 10.6. The highest BCUT2D eigenvalue weighted by molar-refractivity contribution is 7.98. The molecule has 0 saturated heterocycles. The number of benzene rings is 3. The van der Waals surface area contributed by atoms with E-state index in [1.165, 1.54) is 10.5 Å². The van der Waals surface area contributed by atoms with Crippen molar-refractivity contribution in [3.63, 3.8) is 0 Å². The van der Waals surface area contributed by atoms with E-state index in [9.17, 15) is 5.11 Å². The van der Waals surface area contributed by atoms with Crippen LogP contribution in [-0.2, 0) is 5.60 Å². The van der Waals surface area contributed by atoms with E-state index in [4.69, 9.17) is 16.6 Å². The topological polar surface area (TPSA) is 38.0 Å². The van der Waals surface area contributed by atoms with Crippen LogP contribution in [0.1, 0.15) is 18.5 Å². The van der Waals surface area contributed by atoms with Crippen molar-refractivity contribution in [3.05, 3.63) is 89.7 Å². The number of aliphatic hydroxyl groups is 1. The highest BCUT2D eigenvalue weighted by Gasteiger charge is 2.45. The third-order valence-corrected chi connectivity index (χ3v) is 6.62. The first-order valence-electron chi connectivity index (χ1n) is 9.89. The largest absolute Gasteiger partial charge is 0.383 e. The molecule has 0 aliphatic heterocycles. The Morgan fingerprint density at radius 1 is 0.967 bits per heavy atom.